The predicted molar refractivity (Wildman–Crippen MR) is 122 cm³/mol. The van der Waals surface area contributed by atoms with Crippen LogP contribution >= 0.6 is 34.8 Å². The van der Waals surface area contributed by atoms with E-state index in [-0.39, 0.29) is 11.0 Å². The van der Waals surface area contributed by atoms with E-state index < -0.39 is 0 Å². The van der Waals surface area contributed by atoms with Crippen LogP contribution in [0.5, 0.6) is 0 Å². The second kappa shape index (κ2) is 8.07. The molecule has 0 unspecified atom stereocenters. The van der Waals surface area contributed by atoms with Crippen LogP contribution in [0, 0.1) is 3.57 Å². The molecule has 0 fully saturated rings. The number of anilines is 1. The second-order valence-corrected chi connectivity index (χ2v) is 7.53. The number of hydrogen-bond donors (Lipinski definition) is 2. The molecule has 0 bridgehead atoms. The molecular formula is C21H14IN3O2S. The molecule has 0 aliphatic heterocycles. The number of fused-ring (bicyclic) bond motifs is 1. The first kappa shape index (κ1) is 18.6. The van der Waals surface area contributed by atoms with E-state index in [2.05, 4.69) is 38.2 Å². The van der Waals surface area contributed by atoms with E-state index in [0.29, 0.717) is 28.2 Å². The molecule has 0 radical (unpaired) electrons. The maximum atomic E-state index is 12.4. The lowest BCUT2D eigenvalue weighted by atomic mass is 10.2. The topological polar surface area (TPSA) is 67.2 Å². The molecule has 1 heterocycles. The minimum absolute atomic E-state index is 0.218. The van der Waals surface area contributed by atoms with E-state index in [0.717, 1.165) is 9.13 Å². The number of rotatable bonds is 3. The van der Waals surface area contributed by atoms with E-state index in [1.54, 1.807) is 6.07 Å². The lowest BCUT2D eigenvalue weighted by Gasteiger charge is -2.10. The highest BCUT2D eigenvalue weighted by Crippen LogP contribution is 2.26. The molecule has 0 aliphatic rings. The molecule has 3 aromatic carbocycles. The van der Waals surface area contributed by atoms with Crippen LogP contribution in [0.15, 0.2) is 77.2 Å². The van der Waals surface area contributed by atoms with Gasteiger partial charge in [-0.25, -0.2) is 4.98 Å². The number of hydrogen-bond acceptors (Lipinski definition) is 4. The number of benzene rings is 3. The first-order valence-corrected chi connectivity index (χ1v) is 9.92. The number of halogens is 1. The smallest absolute Gasteiger partial charge is 0.258 e. The number of thiocarbonyl (C=S) groups is 1. The van der Waals surface area contributed by atoms with Crippen molar-refractivity contribution in [1.29, 1.82) is 0 Å². The quantitative estimate of drug-likeness (QED) is 0.299. The van der Waals surface area contributed by atoms with Gasteiger partial charge in [-0.2, -0.15) is 0 Å². The van der Waals surface area contributed by atoms with Gasteiger partial charge in [-0.3, -0.25) is 10.1 Å². The van der Waals surface area contributed by atoms with Crippen LogP contribution in [-0.4, -0.2) is 16.0 Å². The molecule has 28 heavy (non-hydrogen) atoms. The molecule has 0 atom stereocenters. The molecule has 0 saturated heterocycles. The molecule has 138 valence electrons. The van der Waals surface area contributed by atoms with Crippen molar-refractivity contribution in [3.8, 4) is 11.5 Å². The highest BCUT2D eigenvalue weighted by molar-refractivity contribution is 14.1. The maximum Gasteiger partial charge on any atom is 0.258 e. The number of carbonyl (C=O) groups is 1. The number of carbonyl (C=O) groups excluding carboxylic acids is 1. The highest BCUT2D eigenvalue weighted by atomic mass is 127. The van der Waals surface area contributed by atoms with Gasteiger partial charge < -0.3 is 9.73 Å². The summed E-state index contributed by atoms with van der Waals surface area (Å²) in [4.78, 5) is 16.9. The fourth-order valence-corrected chi connectivity index (χ4v) is 3.53. The Hall–Kier alpha value is -2.78. The van der Waals surface area contributed by atoms with Crippen molar-refractivity contribution in [2.75, 3.05) is 5.32 Å². The summed E-state index contributed by atoms with van der Waals surface area (Å²) in [5.74, 6) is 0.304. The van der Waals surface area contributed by atoms with Gasteiger partial charge >= 0.3 is 0 Å². The molecule has 4 aromatic rings. The fourth-order valence-electron chi connectivity index (χ4n) is 2.69. The zero-order chi connectivity index (χ0) is 19.5. The Bertz CT molecular complexity index is 1170. The third-order valence-corrected chi connectivity index (χ3v) is 5.16. The van der Waals surface area contributed by atoms with Gasteiger partial charge in [0.2, 0.25) is 5.89 Å². The SMILES string of the molecule is O=C(NC(=S)Nc1ccc2oc(-c3ccccc3)nc2c1)c1ccccc1I. The van der Waals surface area contributed by atoms with Crippen molar-refractivity contribution in [2.45, 2.75) is 0 Å². The summed E-state index contributed by atoms with van der Waals surface area (Å²) in [6.07, 6.45) is 0. The first-order valence-electron chi connectivity index (χ1n) is 8.43. The summed E-state index contributed by atoms with van der Waals surface area (Å²) < 4.78 is 6.67. The van der Waals surface area contributed by atoms with Crippen molar-refractivity contribution < 1.29 is 9.21 Å². The Balaban J connectivity index is 1.49. The van der Waals surface area contributed by atoms with Crippen LogP contribution in [0.2, 0.25) is 0 Å². The van der Waals surface area contributed by atoms with Crippen molar-refractivity contribution >= 4 is 62.6 Å². The number of aromatic nitrogens is 1. The third kappa shape index (κ3) is 4.05. The van der Waals surface area contributed by atoms with E-state index in [4.69, 9.17) is 16.6 Å². The van der Waals surface area contributed by atoms with Crippen LogP contribution in [0.4, 0.5) is 5.69 Å². The summed E-state index contributed by atoms with van der Waals surface area (Å²) in [5, 5.41) is 5.93. The Kier molecular flexibility index (Phi) is 5.36. The normalized spacial score (nSPS) is 10.6. The summed E-state index contributed by atoms with van der Waals surface area (Å²) in [6, 6.07) is 22.5. The summed E-state index contributed by atoms with van der Waals surface area (Å²) in [7, 11) is 0. The summed E-state index contributed by atoms with van der Waals surface area (Å²) >= 11 is 7.39. The van der Waals surface area contributed by atoms with Gasteiger partial charge in [0.25, 0.3) is 5.91 Å². The third-order valence-electron chi connectivity index (χ3n) is 4.01. The van der Waals surface area contributed by atoms with Crippen LogP contribution in [0.1, 0.15) is 10.4 Å². The number of nitrogens with one attached hydrogen (secondary N) is 2. The van der Waals surface area contributed by atoms with Gasteiger partial charge in [-0.15, -0.1) is 0 Å². The predicted octanol–water partition coefficient (Wildman–Crippen LogP) is 5.23. The van der Waals surface area contributed by atoms with Gasteiger partial charge in [-0.05, 0) is 77.3 Å². The Morgan fingerprint density at radius 2 is 1.75 bits per heavy atom. The van der Waals surface area contributed by atoms with Gasteiger partial charge in [0.15, 0.2) is 10.7 Å². The molecule has 4 rings (SSSR count). The van der Waals surface area contributed by atoms with Gasteiger partial charge in [0, 0.05) is 14.8 Å². The standard InChI is InChI=1S/C21H14IN3O2S/c22-16-9-5-4-8-15(16)19(26)25-21(28)23-14-10-11-18-17(12-14)24-20(27-18)13-6-2-1-3-7-13/h1-12H,(H2,23,25,26,28). The van der Waals surface area contributed by atoms with E-state index in [1.807, 2.05) is 66.7 Å². The molecule has 0 spiro atoms. The Labute approximate surface area is 180 Å². The van der Waals surface area contributed by atoms with Gasteiger partial charge in [-0.1, -0.05) is 30.3 Å². The van der Waals surface area contributed by atoms with Crippen LogP contribution in [0.3, 0.4) is 0 Å². The minimum Gasteiger partial charge on any atom is -0.436 e. The fraction of sp³-hybridized carbons (Fsp3) is 0. The minimum atomic E-state index is -0.253. The molecule has 7 heteroatoms. The summed E-state index contributed by atoms with van der Waals surface area (Å²) in [5.41, 5.74) is 3.59. The van der Waals surface area contributed by atoms with E-state index in [9.17, 15) is 4.79 Å². The zero-order valence-electron chi connectivity index (χ0n) is 14.5. The Morgan fingerprint density at radius 3 is 2.54 bits per heavy atom. The molecule has 2 N–H and O–H groups in total. The molecular weight excluding hydrogens is 485 g/mol. The molecule has 1 aromatic heterocycles. The molecule has 5 nitrogen and oxygen atoms in total. The van der Waals surface area contributed by atoms with Crippen molar-refractivity contribution in [1.82, 2.24) is 10.3 Å². The first-order chi connectivity index (χ1) is 13.6. The second-order valence-electron chi connectivity index (χ2n) is 5.96. The molecule has 1 amide bonds. The van der Waals surface area contributed by atoms with Crippen molar-refractivity contribution in [3.63, 3.8) is 0 Å². The Morgan fingerprint density at radius 1 is 1.00 bits per heavy atom. The monoisotopic (exact) mass is 499 g/mol. The number of oxazole rings is 1. The van der Waals surface area contributed by atoms with Gasteiger partial charge in [0.1, 0.15) is 5.52 Å². The van der Waals surface area contributed by atoms with Crippen LogP contribution in [-0.2, 0) is 0 Å². The lowest BCUT2D eigenvalue weighted by molar-refractivity contribution is 0.0977. The van der Waals surface area contributed by atoms with E-state index >= 15 is 0 Å². The van der Waals surface area contributed by atoms with Crippen LogP contribution < -0.4 is 10.6 Å². The average Bonchev–Trinajstić information content (AvgIpc) is 3.12. The van der Waals surface area contributed by atoms with Crippen molar-refractivity contribution in [3.05, 3.63) is 81.9 Å². The number of amides is 1. The average molecular weight is 499 g/mol. The maximum absolute atomic E-state index is 12.4. The lowest BCUT2D eigenvalue weighted by Crippen LogP contribution is -2.34. The zero-order valence-corrected chi connectivity index (χ0v) is 17.5. The van der Waals surface area contributed by atoms with Crippen molar-refractivity contribution in [2.24, 2.45) is 0 Å². The largest absolute Gasteiger partial charge is 0.436 e. The van der Waals surface area contributed by atoms with Crippen LogP contribution in [0.25, 0.3) is 22.6 Å². The highest BCUT2D eigenvalue weighted by Gasteiger charge is 2.12. The van der Waals surface area contributed by atoms with E-state index in [1.165, 1.54) is 0 Å². The number of nitrogens with zero attached hydrogens (tertiary/aromatic N) is 1. The molecule has 0 saturated carbocycles. The molecule has 0 aliphatic carbocycles. The summed E-state index contributed by atoms with van der Waals surface area (Å²) in [6.45, 7) is 0. The van der Waals surface area contributed by atoms with Gasteiger partial charge in [0.05, 0.1) is 5.56 Å².